The van der Waals surface area contributed by atoms with E-state index in [2.05, 4.69) is 5.32 Å². The molecule has 1 aliphatic heterocycles. The van der Waals surface area contributed by atoms with E-state index in [1.165, 1.54) is 0 Å². The van der Waals surface area contributed by atoms with E-state index in [-0.39, 0.29) is 42.2 Å². The molecule has 2 amide bonds. The third-order valence-electron chi connectivity index (χ3n) is 5.27. The first kappa shape index (κ1) is 16.1. The molecule has 6 nitrogen and oxygen atoms in total. The molecule has 6 heteroatoms. The zero-order chi connectivity index (χ0) is 16.4. The zero-order valence-corrected chi connectivity index (χ0v) is 13.5. The van der Waals surface area contributed by atoms with Crippen LogP contribution >= 0.6 is 0 Å². The van der Waals surface area contributed by atoms with Gasteiger partial charge in [0.05, 0.1) is 25.3 Å². The minimum Gasteiger partial charge on any atom is -0.467 e. The molecule has 2 heterocycles. The van der Waals surface area contributed by atoms with Crippen molar-refractivity contribution in [3.8, 4) is 0 Å². The van der Waals surface area contributed by atoms with Crippen LogP contribution in [-0.2, 0) is 16.1 Å². The van der Waals surface area contributed by atoms with Crippen LogP contribution in [-0.4, -0.2) is 41.0 Å². The maximum Gasteiger partial charge on any atom is 0.225 e. The van der Waals surface area contributed by atoms with Gasteiger partial charge in [-0.15, -0.1) is 0 Å². The number of nitrogens with one attached hydrogen (secondary N) is 1. The Morgan fingerprint density at radius 3 is 3.09 bits per heavy atom. The molecule has 1 aromatic heterocycles. The summed E-state index contributed by atoms with van der Waals surface area (Å²) in [6.07, 6.45) is 4.64. The monoisotopic (exact) mass is 320 g/mol. The Hall–Kier alpha value is -1.82. The normalized spacial score (nSPS) is 30.9. The minimum atomic E-state index is -0.319. The SMILES string of the molecule is CC1(CO)CCCC1NC(=O)C1CC(=O)N(Cc2ccco2)C1. The van der Waals surface area contributed by atoms with Gasteiger partial charge in [-0.05, 0) is 25.0 Å². The molecule has 0 aromatic carbocycles. The topological polar surface area (TPSA) is 82.8 Å². The maximum absolute atomic E-state index is 12.5. The highest BCUT2D eigenvalue weighted by Gasteiger charge is 2.41. The van der Waals surface area contributed by atoms with Crippen LogP contribution in [0.3, 0.4) is 0 Å². The van der Waals surface area contributed by atoms with Crippen LogP contribution in [0.25, 0.3) is 0 Å². The number of likely N-dealkylation sites (tertiary alicyclic amines) is 1. The number of carbonyl (C=O) groups excluding carboxylic acids is 2. The molecule has 23 heavy (non-hydrogen) atoms. The van der Waals surface area contributed by atoms with Crippen molar-refractivity contribution in [2.45, 2.75) is 45.2 Å². The molecule has 2 fully saturated rings. The standard InChI is InChI=1S/C17H24N2O4/c1-17(11-20)6-2-5-14(17)18-16(22)12-8-15(21)19(9-12)10-13-4-3-7-23-13/h3-4,7,12,14,20H,2,5-6,8-11H2,1H3,(H,18,22). The van der Waals surface area contributed by atoms with E-state index < -0.39 is 0 Å². The average molecular weight is 320 g/mol. The molecule has 0 radical (unpaired) electrons. The molecule has 0 bridgehead atoms. The summed E-state index contributed by atoms with van der Waals surface area (Å²) in [5.74, 6) is 0.314. The van der Waals surface area contributed by atoms with Gasteiger partial charge in [0, 0.05) is 24.4 Å². The van der Waals surface area contributed by atoms with Gasteiger partial charge in [0.1, 0.15) is 5.76 Å². The van der Waals surface area contributed by atoms with Crippen LogP contribution < -0.4 is 5.32 Å². The van der Waals surface area contributed by atoms with E-state index in [4.69, 9.17) is 4.42 Å². The maximum atomic E-state index is 12.5. The molecule has 1 saturated carbocycles. The minimum absolute atomic E-state index is 0.00535. The van der Waals surface area contributed by atoms with Crippen LogP contribution in [0.4, 0.5) is 0 Å². The van der Waals surface area contributed by atoms with Gasteiger partial charge in [-0.25, -0.2) is 0 Å². The number of hydrogen-bond acceptors (Lipinski definition) is 4. The van der Waals surface area contributed by atoms with Gasteiger partial charge in [-0.3, -0.25) is 9.59 Å². The van der Waals surface area contributed by atoms with Crippen molar-refractivity contribution in [1.29, 1.82) is 0 Å². The third kappa shape index (κ3) is 3.27. The number of amides is 2. The molecular weight excluding hydrogens is 296 g/mol. The van der Waals surface area contributed by atoms with Crippen LogP contribution in [0.1, 0.15) is 38.4 Å². The lowest BCUT2D eigenvalue weighted by molar-refractivity contribution is -0.129. The van der Waals surface area contributed by atoms with E-state index >= 15 is 0 Å². The first-order valence-electron chi connectivity index (χ1n) is 8.23. The third-order valence-corrected chi connectivity index (χ3v) is 5.27. The van der Waals surface area contributed by atoms with E-state index in [1.54, 1.807) is 17.2 Å². The van der Waals surface area contributed by atoms with Gasteiger partial charge in [0.25, 0.3) is 0 Å². The summed E-state index contributed by atoms with van der Waals surface area (Å²) >= 11 is 0. The van der Waals surface area contributed by atoms with Crippen LogP contribution in [0.5, 0.6) is 0 Å². The van der Waals surface area contributed by atoms with Gasteiger partial charge in [0.2, 0.25) is 11.8 Å². The molecule has 1 saturated heterocycles. The second-order valence-electron chi connectivity index (χ2n) is 7.02. The second-order valence-corrected chi connectivity index (χ2v) is 7.02. The summed E-state index contributed by atoms with van der Waals surface area (Å²) in [5.41, 5.74) is -0.244. The summed E-state index contributed by atoms with van der Waals surface area (Å²) < 4.78 is 5.27. The summed E-state index contributed by atoms with van der Waals surface area (Å²) in [6.45, 7) is 2.92. The van der Waals surface area contributed by atoms with E-state index in [0.29, 0.717) is 13.1 Å². The number of aliphatic hydroxyl groups excluding tert-OH is 1. The van der Waals surface area contributed by atoms with Crippen LogP contribution in [0, 0.1) is 11.3 Å². The summed E-state index contributed by atoms with van der Waals surface area (Å²) in [4.78, 5) is 26.3. The average Bonchev–Trinajstić information content (AvgIpc) is 3.24. The molecule has 3 atom stereocenters. The first-order valence-corrected chi connectivity index (χ1v) is 8.23. The lowest BCUT2D eigenvalue weighted by Crippen LogP contribution is -2.47. The van der Waals surface area contributed by atoms with Gasteiger partial charge < -0.3 is 19.7 Å². The predicted molar refractivity (Wildman–Crippen MR) is 83.2 cm³/mol. The zero-order valence-electron chi connectivity index (χ0n) is 13.5. The quantitative estimate of drug-likeness (QED) is 0.856. The van der Waals surface area contributed by atoms with E-state index in [9.17, 15) is 14.7 Å². The fraction of sp³-hybridized carbons (Fsp3) is 0.647. The summed E-state index contributed by atoms with van der Waals surface area (Å²) in [6, 6.07) is 3.61. The van der Waals surface area contributed by atoms with Crippen molar-refractivity contribution in [3.05, 3.63) is 24.2 Å². The molecule has 3 rings (SSSR count). The number of hydrogen-bond donors (Lipinski definition) is 2. The molecule has 1 aromatic rings. The fourth-order valence-corrected chi connectivity index (χ4v) is 3.65. The summed E-state index contributed by atoms with van der Waals surface area (Å²) in [7, 11) is 0. The van der Waals surface area contributed by atoms with E-state index in [0.717, 1.165) is 25.0 Å². The molecule has 1 aliphatic carbocycles. The van der Waals surface area contributed by atoms with Gasteiger partial charge in [0.15, 0.2) is 0 Å². The predicted octanol–water partition coefficient (Wildman–Crippen LogP) is 1.30. The molecular formula is C17H24N2O4. The number of aliphatic hydroxyl groups is 1. The van der Waals surface area contributed by atoms with Crippen LogP contribution in [0.2, 0.25) is 0 Å². The summed E-state index contributed by atoms with van der Waals surface area (Å²) in [5, 5.41) is 12.6. The van der Waals surface area contributed by atoms with Crippen molar-refractivity contribution in [1.82, 2.24) is 10.2 Å². The van der Waals surface area contributed by atoms with Crippen molar-refractivity contribution >= 4 is 11.8 Å². The highest BCUT2D eigenvalue weighted by atomic mass is 16.3. The second kappa shape index (κ2) is 6.35. The molecule has 0 spiro atoms. The Kier molecular flexibility index (Phi) is 4.43. The van der Waals surface area contributed by atoms with Crippen molar-refractivity contribution in [3.63, 3.8) is 0 Å². The number of furan rings is 1. The molecule has 126 valence electrons. The van der Waals surface area contributed by atoms with Crippen molar-refractivity contribution < 1.29 is 19.1 Å². The Morgan fingerprint density at radius 2 is 2.39 bits per heavy atom. The number of nitrogens with zero attached hydrogens (tertiary/aromatic N) is 1. The Bertz CT molecular complexity index is 571. The highest BCUT2D eigenvalue weighted by molar-refractivity contribution is 5.89. The van der Waals surface area contributed by atoms with Crippen molar-refractivity contribution in [2.75, 3.05) is 13.2 Å². The Labute approximate surface area is 135 Å². The van der Waals surface area contributed by atoms with Crippen molar-refractivity contribution in [2.24, 2.45) is 11.3 Å². The molecule has 3 unspecified atom stereocenters. The smallest absolute Gasteiger partial charge is 0.225 e. The Balaban J connectivity index is 1.57. The molecule has 2 N–H and O–H groups in total. The molecule has 2 aliphatic rings. The number of rotatable bonds is 5. The first-order chi connectivity index (χ1) is 11.0. The fourth-order valence-electron chi connectivity index (χ4n) is 3.65. The lowest BCUT2D eigenvalue weighted by Gasteiger charge is -2.30. The lowest BCUT2D eigenvalue weighted by atomic mass is 9.85. The van der Waals surface area contributed by atoms with Gasteiger partial charge >= 0.3 is 0 Å². The number of carbonyl (C=O) groups is 2. The van der Waals surface area contributed by atoms with Gasteiger partial charge in [-0.1, -0.05) is 13.3 Å². The van der Waals surface area contributed by atoms with Gasteiger partial charge in [-0.2, -0.15) is 0 Å². The van der Waals surface area contributed by atoms with Crippen LogP contribution in [0.15, 0.2) is 22.8 Å². The highest BCUT2D eigenvalue weighted by Crippen LogP contribution is 2.37. The largest absolute Gasteiger partial charge is 0.467 e. The Morgan fingerprint density at radius 1 is 1.57 bits per heavy atom. The van der Waals surface area contributed by atoms with E-state index in [1.807, 2.05) is 13.0 Å².